The number of anilines is 2. The van der Waals surface area contributed by atoms with Crippen LogP contribution in [0.1, 0.15) is 63.1 Å². The number of ketones is 2. The Morgan fingerprint density at radius 1 is 0.649 bits per heavy atom. The Bertz CT molecular complexity index is 2460. The quantitative estimate of drug-likeness (QED) is 0.0984. The molecule has 5 aliphatic rings. The van der Waals surface area contributed by atoms with Gasteiger partial charge in [-0.25, -0.2) is 0 Å². The fourth-order valence-corrected chi connectivity index (χ4v) is 10.7. The van der Waals surface area contributed by atoms with Crippen LogP contribution in [0.5, 0.6) is 5.75 Å². The molecule has 5 aromatic rings. The second kappa shape index (κ2) is 12.8. The van der Waals surface area contributed by atoms with Crippen LogP contribution < -0.4 is 14.5 Å². The van der Waals surface area contributed by atoms with Gasteiger partial charge in [0.1, 0.15) is 17.8 Å². The Kier molecular flexibility index (Phi) is 7.84. The van der Waals surface area contributed by atoms with Crippen molar-refractivity contribution in [3.8, 4) is 5.75 Å². The number of hydrogen-bond donors (Lipinski definition) is 0. The van der Waals surface area contributed by atoms with Crippen molar-refractivity contribution in [3.63, 3.8) is 0 Å². The number of carbonyl (C=O) groups excluding carboxylic acids is 4. The summed E-state index contributed by atoms with van der Waals surface area (Å²) in [7, 11) is 1.57. The monoisotopic (exact) mass is 756 g/mol. The van der Waals surface area contributed by atoms with E-state index >= 15 is 19.2 Å². The molecule has 0 N–H and O–H groups in total. The molecule has 5 aliphatic heterocycles. The number of methoxy groups -OCH3 is 1. The zero-order valence-corrected chi connectivity index (χ0v) is 31.7. The first-order valence-electron chi connectivity index (χ1n) is 19.4. The molecule has 0 aliphatic carbocycles. The van der Waals surface area contributed by atoms with Crippen molar-refractivity contribution in [3.05, 3.63) is 167 Å². The van der Waals surface area contributed by atoms with Crippen LogP contribution in [0.2, 0.25) is 0 Å². The van der Waals surface area contributed by atoms with Gasteiger partial charge in [0.15, 0.2) is 17.0 Å². The van der Waals surface area contributed by atoms with Crippen molar-refractivity contribution in [2.24, 2.45) is 11.3 Å². The van der Waals surface area contributed by atoms with Crippen molar-refractivity contribution in [2.75, 3.05) is 16.9 Å². The maximum Gasteiger partial charge on any atom is 0.329 e. The molecule has 9 nitrogen and oxygen atoms in total. The van der Waals surface area contributed by atoms with Crippen LogP contribution in [0.4, 0.5) is 11.4 Å². The molecule has 3 fully saturated rings. The summed E-state index contributed by atoms with van der Waals surface area (Å²) in [5.41, 5.74) is 2.91. The van der Waals surface area contributed by atoms with Crippen LogP contribution in [0, 0.1) is 11.3 Å². The predicted octanol–water partition coefficient (Wildman–Crippen LogP) is 7.62. The van der Waals surface area contributed by atoms with E-state index in [1.807, 2.05) is 114 Å². The van der Waals surface area contributed by atoms with Gasteiger partial charge in [-0.05, 0) is 41.0 Å². The van der Waals surface area contributed by atoms with Gasteiger partial charge >= 0.3 is 11.9 Å². The molecule has 10 rings (SSSR count). The number of fused-ring (bicyclic) bond motifs is 11. The molecule has 1 spiro atoms. The SMILES string of the molecule is COc1ccc([C@H]2[C@H](C(=O)c3ccccc3)N3c4ccccc4[C@@H]4[C@@H]([C@@H]5C=Cc6ccccc6N5[C@@H]4C(=O)c4ccccc4)[C@@H]3C23C(=O)OC(C)(C)OC3=O)cc1. The minimum atomic E-state index is -2.04. The smallest absolute Gasteiger partial charge is 0.329 e. The lowest BCUT2D eigenvalue weighted by Gasteiger charge is -2.50. The van der Waals surface area contributed by atoms with Gasteiger partial charge in [0.05, 0.1) is 19.2 Å². The molecule has 0 saturated carbocycles. The first-order chi connectivity index (χ1) is 27.7. The number of hydrogen-bond acceptors (Lipinski definition) is 9. The summed E-state index contributed by atoms with van der Waals surface area (Å²) >= 11 is 0. The van der Waals surface area contributed by atoms with Crippen LogP contribution >= 0.6 is 0 Å². The summed E-state index contributed by atoms with van der Waals surface area (Å²) in [6, 6.07) is 38.0. The van der Waals surface area contributed by atoms with E-state index in [2.05, 4.69) is 17.1 Å². The highest BCUT2D eigenvalue weighted by Gasteiger charge is 2.79. The summed E-state index contributed by atoms with van der Waals surface area (Å²) in [6.45, 7) is 3.09. The molecule has 0 amide bonds. The molecule has 3 saturated heterocycles. The van der Waals surface area contributed by atoms with Crippen LogP contribution in [0.3, 0.4) is 0 Å². The fraction of sp³-hybridized carbons (Fsp3) is 0.250. The van der Waals surface area contributed by atoms with E-state index in [4.69, 9.17) is 14.2 Å². The lowest BCUT2D eigenvalue weighted by Crippen LogP contribution is -2.64. The van der Waals surface area contributed by atoms with Crippen molar-refractivity contribution in [2.45, 2.75) is 55.6 Å². The van der Waals surface area contributed by atoms with E-state index in [1.54, 1.807) is 45.2 Å². The second-order valence-electron chi connectivity index (χ2n) is 16.0. The van der Waals surface area contributed by atoms with E-state index < -0.39 is 65.1 Å². The number of carbonyl (C=O) groups is 4. The van der Waals surface area contributed by atoms with Crippen molar-refractivity contribution < 1.29 is 33.4 Å². The highest BCUT2D eigenvalue weighted by Crippen LogP contribution is 2.67. The molecule has 284 valence electrons. The number of Topliss-reactive ketones (excluding diaryl/α,β-unsaturated/α-hetero) is 2. The maximum atomic E-state index is 15.4. The standard InChI is InChI=1S/C48H40N2O7/c1-47(2)56-45(53)48(46(54)57-47)39(29-22-25-32(55-3)26-23-29)41(43(52)31-17-8-5-9-18-31)50-35-21-13-11-19-33(35)37-38(44(48)50)36-27-24-28-14-10-12-20-34(28)49(36)40(37)42(51)30-15-6-4-7-16-30/h4-27,36-41,44H,1-3H3/t36-,37+,38+,39-,40-,41+,44+/m0/s1. The van der Waals surface area contributed by atoms with Crippen molar-refractivity contribution >= 4 is 41.0 Å². The molecule has 57 heavy (non-hydrogen) atoms. The zero-order chi connectivity index (χ0) is 39.2. The number of cyclic esters (lactones) is 2. The van der Waals surface area contributed by atoms with Gasteiger partial charge < -0.3 is 24.0 Å². The highest BCUT2D eigenvalue weighted by atomic mass is 16.7. The summed E-state index contributed by atoms with van der Waals surface area (Å²) in [6.07, 6.45) is 4.15. The molecule has 0 unspecified atom stereocenters. The van der Waals surface area contributed by atoms with E-state index in [0.29, 0.717) is 28.1 Å². The number of nitrogens with zero attached hydrogens (tertiary/aromatic N) is 2. The Morgan fingerprint density at radius 3 is 1.84 bits per heavy atom. The largest absolute Gasteiger partial charge is 0.497 e. The number of benzene rings is 5. The van der Waals surface area contributed by atoms with Gasteiger partial charge in [0.25, 0.3) is 5.79 Å². The summed E-state index contributed by atoms with van der Waals surface area (Å²) < 4.78 is 17.9. The number of rotatable bonds is 6. The van der Waals surface area contributed by atoms with Gasteiger partial charge in [-0.3, -0.25) is 19.2 Å². The second-order valence-corrected chi connectivity index (χ2v) is 16.0. The first kappa shape index (κ1) is 35.0. The Labute approximate surface area is 330 Å². The van der Waals surface area contributed by atoms with E-state index in [9.17, 15) is 0 Å². The van der Waals surface area contributed by atoms with Crippen LogP contribution in [-0.4, -0.2) is 60.6 Å². The van der Waals surface area contributed by atoms with Crippen LogP contribution in [0.25, 0.3) is 6.08 Å². The van der Waals surface area contributed by atoms with Crippen LogP contribution in [-0.2, 0) is 19.1 Å². The van der Waals surface area contributed by atoms with Crippen LogP contribution in [0.15, 0.2) is 140 Å². The molecule has 7 atom stereocenters. The molecule has 0 aromatic heterocycles. The third-order valence-corrected chi connectivity index (χ3v) is 12.8. The lowest BCUT2D eigenvalue weighted by atomic mass is 9.60. The van der Waals surface area contributed by atoms with Gasteiger partial charge in [-0.15, -0.1) is 0 Å². The third-order valence-electron chi connectivity index (χ3n) is 12.8. The summed E-state index contributed by atoms with van der Waals surface area (Å²) in [4.78, 5) is 65.7. The Hall–Kier alpha value is -6.48. The highest BCUT2D eigenvalue weighted by molar-refractivity contribution is 6.12. The number of para-hydroxylation sites is 2. The van der Waals surface area contributed by atoms with E-state index in [1.165, 1.54) is 0 Å². The Morgan fingerprint density at radius 2 is 1.21 bits per heavy atom. The number of ether oxygens (including phenoxy) is 3. The molecule has 9 heteroatoms. The molecule has 0 bridgehead atoms. The van der Waals surface area contributed by atoms with Gasteiger partial charge in [0.2, 0.25) is 0 Å². The zero-order valence-electron chi connectivity index (χ0n) is 31.7. The van der Waals surface area contributed by atoms with Gasteiger partial charge in [-0.2, -0.15) is 0 Å². The molecule has 5 aromatic carbocycles. The molecular weight excluding hydrogens is 717 g/mol. The minimum Gasteiger partial charge on any atom is -0.497 e. The Balaban J connectivity index is 1.30. The van der Waals surface area contributed by atoms with Gasteiger partial charge in [0, 0.05) is 54.1 Å². The fourth-order valence-electron chi connectivity index (χ4n) is 10.7. The average Bonchev–Trinajstić information content (AvgIpc) is 3.75. The van der Waals surface area contributed by atoms with E-state index in [-0.39, 0.29) is 11.6 Å². The predicted molar refractivity (Wildman–Crippen MR) is 214 cm³/mol. The van der Waals surface area contributed by atoms with Crippen molar-refractivity contribution in [1.82, 2.24) is 0 Å². The lowest BCUT2D eigenvalue weighted by molar-refractivity contribution is -0.253. The normalized spacial score (nSPS) is 27.0. The maximum absolute atomic E-state index is 15.4. The number of esters is 2. The summed E-state index contributed by atoms with van der Waals surface area (Å²) in [5.74, 6) is -5.00. The van der Waals surface area contributed by atoms with Crippen molar-refractivity contribution in [1.29, 1.82) is 0 Å². The molecule has 0 radical (unpaired) electrons. The minimum absolute atomic E-state index is 0.0768. The molecular formula is C48H40N2O7. The topological polar surface area (TPSA) is 102 Å². The summed E-state index contributed by atoms with van der Waals surface area (Å²) in [5, 5.41) is 0. The third kappa shape index (κ3) is 4.94. The average molecular weight is 757 g/mol. The molecule has 5 heterocycles. The first-order valence-corrected chi connectivity index (χ1v) is 19.4. The van der Waals surface area contributed by atoms with Gasteiger partial charge in [-0.1, -0.05) is 121 Å². The van der Waals surface area contributed by atoms with E-state index in [0.717, 1.165) is 16.8 Å².